The number of aryl methyl sites for hydroxylation is 1. The highest BCUT2D eigenvalue weighted by Crippen LogP contribution is 2.38. The van der Waals surface area contributed by atoms with E-state index >= 15 is 0 Å². The SMILES string of the molecule is Cc1nc(C(C)C)[nH]c(=O)c1C(=O)N1C[C@@H]2CCC[C@H]2C1. The summed E-state index contributed by atoms with van der Waals surface area (Å²) in [6.07, 6.45) is 3.71. The number of hydrogen-bond acceptors (Lipinski definition) is 3. The summed E-state index contributed by atoms with van der Waals surface area (Å²) < 4.78 is 0. The van der Waals surface area contributed by atoms with E-state index in [4.69, 9.17) is 0 Å². The second-order valence-corrected chi connectivity index (χ2v) is 6.73. The van der Waals surface area contributed by atoms with Crippen LogP contribution in [0.1, 0.15) is 60.9 Å². The van der Waals surface area contributed by atoms with Gasteiger partial charge in [-0.15, -0.1) is 0 Å². The van der Waals surface area contributed by atoms with Gasteiger partial charge in [0.05, 0.1) is 5.69 Å². The number of carbonyl (C=O) groups excluding carboxylic acids is 1. The molecule has 114 valence electrons. The van der Waals surface area contributed by atoms with Gasteiger partial charge in [0.2, 0.25) is 0 Å². The highest BCUT2D eigenvalue weighted by atomic mass is 16.2. The minimum atomic E-state index is -0.298. The number of likely N-dealkylation sites (tertiary alicyclic amines) is 1. The molecule has 1 aromatic rings. The van der Waals surface area contributed by atoms with Crippen LogP contribution in [0.5, 0.6) is 0 Å². The predicted molar refractivity (Wildman–Crippen MR) is 80.4 cm³/mol. The second kappa shape index (κ2) is 5.28. The van der Waals surface area contributed by atoms with Gasteiger partial charge in [0.25, 0.3) is 11.5 Å². The van der Waals surface area contributed by atoms with Gasteiger partial charge in [0.1, 0.15) is 11.4 Å². The number of fused-ring (bicyclic) bond motifs is 1. The zero-order chi connectivity index (χ0) is 15.1. The highest BCUT2D eigenvalue weighted by Gasteiger charge is 2.39. The quantitative estimate of drug-likeness (QED) is 0.906. The second-order valence-electron chi connectivity index (χ2n) is 6.73. The summed E-state index contributed by atoms with van der Waals surface area (Å²) in [4.78, 5) is 33.9. The van der Waals surface area contributed by atoms with E-state index in [1.165, 1.54) is 19.3 Å². The summed E-state index contributed by atoms with van der Waals surface area (Å²) in [7, 11) is 0. The van der Waals surface area contributed by atoms with Crippen molar-refractivity contribution in [3.05, 3.63) is 27.4 Å². The number of H-pyrrole nitrogens is 1. The molecule has 1 aliphatic heterocycles. The average molecular weight is 289 g/mol. The fourth-order valence-electron chi connectivity index (χ4n) is 3.69. The molecule has 0 aromatic carbocycles. The molecular formula is C16H23N3O2. The number of carbonyl (C=O) groups is 1. The van der Waals surface area contributed by atoms with E-state index in [2.05, 4.69) is 9.97 Å². The first kappa shape index (κ1) is 14.3. The van der Waals surface area contributed by atoms with Crippen LogP contribution in [0.4, 0.5) is 0 Å². The molecule has 5 nitrogen and oxygen atoms in total. The lowest BCUT2D eigenvalue weighted by Crippen LogP contribution is -2.35. The third-order valence-electron chi connectivity index (χ3n) is 4.89. The zero-order valence-electron chi connectivity index (χ0n) is 13.0. The molecule has 2 fully saturated rings. The molecule has 2 heterocycles. The van der Waals surface area contributed by atoms with Crippen LogP contribution in [-0.4, -0.2) is 33.9 Å². The van der Waals surface area contributed by atoms with Crippen LogP contribution in [0.2, 0.25) is 0 Å². The van der Waals surface area contributed by atoms with E-state index in [1.54, 1.807) is 6.92 Å². The van der Waals surface area contributed by atoms with Crippen molar-refractivity contribution in [2.45, 2.75) is 46.0 Å². The first-order valence-electron chi connectivity index (χ1n) is 7.87. The standard InChI is InChI=1S/C16H23N3O2/c1-9(2)14-17-10(3)13(15(20)18-14)16(21)19-7-11-5-4-6-12(11)8-19/h9,11-12H,4-8H2,1-3H3,(H,17,18,20)/t11-,12-/m0/s1. The van der Waals surface area contributed by atoms with Crippen molar-refractivity contribution in [3.8, 4) is 0 Å². The molecule has 1 aromatic heterocycles. The van der Waals surface area contributed by atoms with E-state index in [9.17, 15) is 9.59 Å². The molecule has 2 aliphatic rings. The smallest absolute Gasteiger partial charge is 0.264 e. The number of amides is 1. The van der Waals surface area contributed by atoms with Crippen LogP contribution in [0.15, 0.2) is 4.79 Å². The van der Waals surface area contributed by atoms with Crippen molar-refractivity contribution in [2.75, 3.05) is 13.1 Å². The van der Waals surface area contributed by atoms with Crippen molar-refractivity contribution < 1.29 is 4.79 Å². The monoisotopic (exact) mass is 289 g/mol. The van der Waals surface area contributed by atoms with Crippen LogP contribution >= 0.6 is 0 Å². The van der Waals surface area contributed by atoms with Crippen LogP contribution in [0.3, 0.4) is 0 Å². The number of nitrogens with zero attached hydrogens (tertiary/aromatic N) is 2. The van der Waals surface area contributed by atoms with E-state index in [0.717, 1.165) is 13.1 Å². The van der Waals surface area contributed by atoms with Gasteiger partial charge in [-0.25, -0.2) is 4.98 Å². The van der Waals surface area contributed by atoms with Crippen molar-refractivity contribution in [1.29, 1.82) is 0 Å². The van der Waals surface area contributed by atoms with Gasteiger partial charge in [-0.1, -0.05) is 20.3 Å². The Kier molecular flexibility index (Phi) is 3.59. The number of aromatic amines is 1. The van der Waals surface area contributed by atoms with E-state index < -0.39 is 0 Å². The third-order valence-corrected chi connectivity index (χ3v) is 4.89. The van der Waals surface area contributed by atoms with Gasteiger partial charge in [-0.05, 0) is 31.6 Å². The Balaban J connectivity index is 1.87. The molecule has 1 amide bonds. The minimum absolute atomic E-state index is 0.145. The molecule has 21 heavy (non-hydrogen) atoms. The van der Waals surface area contributed by atoms with Crippen molar-refractivity contribution >= 4 is 5.91 Å². The number of hydrogen-bond donors (Lipinski definition) is 1. The number of aromatic nitrogens is 2. The van der Waals surface area contributed by atoms with Crippen LogP contribution in [0, 0.1) is 18.8 Å². The molecular weight excluding hydrogens is 266 g/mol. The van der Waals surface area contributed by atoms with Crippen molar-refractivity contribution in [3.63, 3.8) is 0 Å². The lowest BCUT2D eigenvalue weighted by atomic mass is 10.0. The average Bonchev–Trinajstić information content (AvgIpc) is 2.97. The molecule has 1 saturated carbocycles. The minimum Gasteiger partial charge on any atom is -0.338 e. The van der Waals surface area contributed by atoms with Gasteiger partial charge < -0.3 is 9.88 Å². The molecule has 0 bridgehead atoms. The Morgan fingerprint density at radius 2 is 1.90 bits per heavy atom. The number of rotatable bonds is 2. The summed E-state index contributed by atoms with van der Waals surface area (Å²) >= 11 is 0. The number of nitrogens with one attached hydrogen (secondary N) is 1. The van der Waals surface area contributed by atoms with Crippen LogP contribution in [0.25, 0.3) is 0 Å². The van der Waals surface area contributed by atoms with E-state index in [1.807, 2.05) is 18.7 Å². The molecule has 3 rings (SSSR count). The summed E-state index contributed by atoms with van der Waals surface area (Å²) in [6.45, 7) is 7.30. The topological polar surface area (TPSA) is 66.1 Å². The fraction of sp³-hybridized carbons (Fsp3) is 0.688. The molecule has 1 saturated heterocycles. The largest absolute Gasteiger partial charge is 0.338 e. The normalized spacial score (nSPS) is 24.7. The maximum absolute atomic E-state index is 12.7. The van der Waals surface area contributed by atoms with E-state index in [-0.39, 0.29) is 22.9 Å². The van der Waals surface area contributed by atoms with Crippen LogP contribution in [-0.2, 0) is 0 Å². The Hall–Kier alpha value is -1.65. The Bertz CT molecular complexity index is 608. The van der Waals surface area contributed by atoms with Gasteiger partial charge in [-0.2, -0.15) is 0 Å². The van der Waals surface area contributed by atoms with Crippen LogP contribution < -0.4 is 5.56 Å². The van der Waals surface area contributed by atoms with Crippen molar-refractivity contribution in [1.82, 2.24) is 14.9 Å². The van der Waals surface area contributed by atoms with Gasteiger partial charge in [-0.3, -0.25) is 9.59 Å². The summed E-state index contributed by atoms with van der Waals surface area (Å²) in [5.74, 6) is 1.91. The molecule has 5 heteroatoms. The maximum atomic E-state index is 12.7. The Morgan fingerprint density at radius 3 is 2.43 bits per heavy atom. The Morgan fingerprint density at radius 1 is 1.29 bits per heavy atom. The van der Waals surface area contributed by atoms with E-state index in [0.29, 0.717) is 23.4 Å². The molecule has 1 aliphatic carbocycles. The predicted octanol–water partition coefficient (Wildman–Crippen LogP) is 2.07. The fourth-order valence-corrected chi connectivity index (χ4v) is 3.69. The van der Waals surface area contributed by atoms with Crippen molar-refractivity contribution in [2.24, 2.45) is 11.8 Å². The molecule has 0 radical (unpaired) electrons. The Labute approximate surface area is 124 Å². The molecule has 0 unspecified atom stereocenters. The molecule has 0 spiro atoms. The molecule has 2 atom stereocenters. The zero-order valence-corrected chi connectivity index (χ0v) is 13.0. The molecule has 1 N–H and O–H groups in total. The lowest BCUT2D eigenvalue weighted by molar-refractivity contribution is 0.0777. The first-order valence-corrected chi connectivity index (χ1v) is 7.87. The highest BCUT2D eigenvalue weighted by molar-refractivity contribution is 5.95. The summed E-state index contributed by atoms with van der Waals surface area (Å²) in [5, 5.41) is 0. The third kappa shape index (κ3) is 2.49. The first-order chi connectivity index (χ1) is 9.97. The van der Waals surface area contributed by atoms with Gasteiger partial charge in [0.15, 0.2) is 0 Å². The lowest BCUT2D eigenvalue weighted by Gasteiger charge is -2.18. The van der Waals surface area contributed by atoms with Gasteiger partial charge >= 0.3 is 0 Å². The maximum Gasteiger partial charge on any atom is 0.264 e. The summed E-state index contributed by atoms with van der Waals surface area (Å²) in [6, 6.07) is 0. The van der Waals surface area contributed by atoms with Gasteiger partial charge in [0, 0.05) is 19.0 Å². The summed E-state index contributed by atoms with van der Waals surface area (Å²) in [5.41, 5.74) is 0.470.